The lowest BCUT2D eigenvalue weighted by Gasteiger charge is -2.30. The molecule has 0 amide bonds. The van der Waals surface area contributed by atoms with Crippen molar-refractivity contribution in [1.82, 2.24) is 0 Å². The van der Waals surface area contributed by atoms with Crippen molar-refractivity contribution in [2.24, 2.45) is 0 Å². The van der Waals surface area contributed by atoms with Gasteiger partial charge in [-0.1, -0.05) is 0 Å². The Labute approximate surface area is 184 Å². The third-order valence-corrected chi connectivity index (χ3v) is 5.96. The van der Waals surface area contributed by atoms with E-state index in [1.807, 2.05) is 41.5 Å². The van der Waals surface area contributed by atoms with E-state index in [2.05, 4.69) is 0 Å². The molecule has 0 aromatic carbocycles. The fourth-order valence-corrected chi connectivity index (χ4v) is 4.44. The quantitative estimate of drug-likeness (QED) is 0.451. The highest BCUT2D eigenvalue weighted by atomic mass is 31.2. The van der Waals surface area contributed by atoms with Crippen LogP contribution >= 0.6 is 7.82 Å². The first kappa shape index (κ1) is 27.1. The molecule has 0 saturated carbocycles. The first-order valence-corrected chi connectivity index (χ1v) is 12.1. The average molecular weight is 470 g/mol. The minimum atomic E-state index is -4.59. The van der Waals surface area contributed by atoms with Gasteiger partial charge in [0.15, 0.2) is 0 Å². The molecular formula is C20H39O10P. The molecule has 2 aliphatic heterocycles. The van der Waals surface area contributed by atoms with E-state index in [-0.39, 0.29) is 13.2 Å². The predicted octanol–water partition coefficient (Wildman–Crippen LogP) is 1.78. The van der Waals surface area contributed by atoms with E-state index in [0.717, 1.165) is 0 Å². The summed E-state index contributed by atoms with van der Waals surface area (Å²) in [7, 11) is -4.59. The Hall–Kier alpha value is -0.130. The van der Waals surface area contributed by atoms with Crippen molar-refractivity contribution in [3.63, 3.8) is 0 Å². The van der Waals surface area contributed by atoms with Crippen molar-refractivity contribution in [1.29, 1.82) is 0 Å². The fraction of sp³-hybridized carbons (Fsp3) is 1.00. The largest absolute Gasteiger partial charge is 0.472 e. The minimum Gasteiger partial charge on any atom is -0.388 e. The number of hydrogen-bond donors (Lipinski definition) is 3. The third-order valence-electron chi connectivity index (χ3n) is 4.97. The van der Waals surface area contributed by atoms with Gasteiger partial charge in [0.1, 0.15) is 36.6 Å². The van der Waals surface area contributed by atoms with Crippen LogP contribution in [0.3, 0.4) is 0 Å². The highest BCUT2D eigenvalue weighted by Crippen LogP contribution is 2.48. The van der Waals surface area contributed by atoms with Crippen molar-refractivity contribution < 1.29 is 47.7 Å². The number of ether oxygens (including phenoxy) is 4. The molecule has 0 radical (unpaired) electrons. The summed E-state index contributed by atoms with van der Waals surface area (Å²) >= 11 is 0. The Kier molecular flexibility index (Phi) is 8.76. The highest BCUT2D eigenvalue weighted by molar-refractivity contribution is 7.47. The molecule has 9 atom stereocenters. The number of aliphatic hydroxyl groups is 2. The van der Waals surface area contributed by atoms with Crippen LogP contribution in [0, 0.1) is 0 Å². The summed E-state index contributed by atoms with van der Waals surface area (Å²) in [5.41, 5.74) is -1.01. The molecule has 184 valence electrons. The lowest BCUT2D eigenvalue weighted by Crippen LogP contribution is -2.42. The number of phosphoric acid groups is 1. The summed E-state index contributed by atoms with van der Waals surface area (Å²) in [6, 6.07) is 0. The molecule has 11 heteroatoms. The maximum Gasteiger partial charge on any atom is 0.472 e. The Balaban J connectivity index is 2.00. The van der Waals surface area contributed by atoms with Crippen LogP contribution in [0.25, 0.3) is 0 Å². The molecular weight excluding hydrogens is 431 g/mol. The maximum absolute atomic E-state index is 12.6. The van der Waals surface area contributed by atoms with Gasteiger partial charge in [0.05, 0.1) is 36.6 Å². The third kappa shape index (κ3) is 7.99. The van der Waals surface area contributed by atoms with Crippen molar-refractivity contribution >= 4 is 7.82 Å². The van der Waals surface area contributed by atoms with Gasteiger partial charge in [-0.25, -0.2) is 4.57 Å². The molecule has 2 saturated heterocycles. The van der Waals surface area contributed by atoms with Crippen LogP contribution in [0.15, 0.2) is 0 Å². The fourth-order valence-electron chi connectivity index (χ4n) is 3.48. The predicted molar refractivity (Wildman–Crippen MR) is 112 cm³/mol. The summed E-state index contributed by atoms with van der Waals surface area (Å²) in [5, 5.41) is 20.7. The van der Waals surface area contributed by atoms with Gasteiger partial charge in [0.2, 0.25) is 0 Å². The van der Waals surface area contributed by atoms with Crippen molar-refractivity contribution in [3.8, 4) is 0 Å². The zero-order valence-electron chi connectivity index (χ0n) is 19.7. The van der Waals surface area contributed by atoms with Gasteiger partial charge in [-0.3, -0.25) is 9.05 Å². The Morgan fingerprint density at radius 2 is 1.32 bits per heavy atom. The second kappa shape index (κ2) is 10.0. The lowest BCUT2D eigenvalue weighted by molar-refractivity contribution is -0.120. The normalized spacial score (nSPS) is 39.1. The molecule has 2 rings (SSSR count). The highest BCUT2D eigenvalue weighted by Gasteiger charge is 2.48. The average Bonchev–Trinajstić information content (AvgIpc) is 3.01. The van der Waals surface area contributed by atoms with Crippen LogP contribution in [-0.2, 0) is 32.6 Å². The Bertz CT molecular complexity index is 630. The van der Waals surface area contributed by atoms with Crippen LogP contribution < -0.4 is 0 Å². The summed E-state index contributed by atoms with van der Waals surface area (Å²) < 4.78 is 45.9. The molecule has 2 aliphatic rings. The van der Waals surface area contributed by atoms with Gasteiger partial charge in [-0.15, -0.1) is 0 Å². The number of rotatable bonds is 8. The summed E-state index contributed by atoms with van der Waals surface area (Å²) in [6.45, 7) is 14.2. The van der Waals surface area contributed by atoms with E-state index < -0.39 is 67.9 Å². The standard InChI is InChI=1S/C20H39O10P/c1-11-15(21)17(29-20(6,7)8)14(28-11)10-26-31(23,24)30-18-13(9-25-19(3,4)5)27-12(2)16(18)22/h11-18,21-22H,9-10H2,1-8H3,(H,23,24)/t11-,12-,13+,14+,15+,16+,17?,18?/m0/s1. The molecule has 0 bridgehead atoms. The molecule has 2 heterocycles. The summed E-state index contributed by atoms with van der Waals surface area (Å²) in [5.74, 6) is 0. The van der Waals surface area contributed by atoms with Gasteiger partial charge in [0.25, 0.3) is 0 Å². The zero-order valence-corrected chi connectivity index (χ0v) is 20.6. The lowest BCUT2D eigenvalue weighted by atomic mass is 10.1. The topological polar surface area (TPSA) is 133 Å². The van der Waals surface area contributed by atoms with Crippen molar-refractivity contribution in [2.45, 2.75) is 115 Å². The van der Waals surface area contributed by atoms with Crippen molar-refractivity contribution in [2.75, 3.05) is 13.2 Å². The molecule has 3 unspecified atom stereocenters. The van der Waals surface area contributed by atoms with E-state index in [1.165, 1.54) is 0 Å². The number of phosphoric ester groups is 1. The zero-order chi connectivity index (χ0) is 23.8. The molecule has 0 spiro atoms. The van der Waals surface area contributed by atoms with Gasteiger partial charge in [-0.05, 0) is 55.4 Å². The van der Waals surface area contributed by atoms with Crippen LogP contribution in [0.4, 0.5) is 0 Å². The SMILES string of the molecule is C[C@@H]1O[C@H](COP(=O)(O)OC2[C@@H](COC(C)(C)C)O[C@@H](C)[C@H]2O)C(OC(C)(C)C)[C@@H]1O. The molecule has 10 nitrogen and oxygen atoms in total. The monoisotopic (exact) mass is 470 g/mol. The Morgan fingerprint density at radius 1 is 0.839 bits per heavy atom. The second-order valence-electron chi connectivity index (χ2n) is 10.2. The Morgan fingerprint density at radius 3 is 1.81 bits per heavy atom. The van der Waals surface area contributed by atoms with Gasteiger partial charge in [0, 0.05) is 0 Å². The first-order chi connectivity index (χ1) is 14.0. The van der Waals surface area contributed by atoms with Gasteiger partial charge >= 0.3 is 7.82 Å². The van der Waals surface area contributed by atoms with Crippen LogP contribution in [-0.4, -0.2) is 88.4 Å². The van der Waals surface area contributed by atoms with E-state index in [9.17, 15) is 19.7 Å². The molecule has 3 N–H and O–H groups in total. The maximum atomic E-state index is 12.6. The van der Waals surface area contributed by atoms with Crippen LogP contribution in [0.1, 0.15) is 55.4 Å². The molecule has 0 aromatic heterocycles. The van der Waals surface area contributed by atoms with Gasteiger partial charge < -0.3 is 34.1 Å². The molecule has 31 heavy (non-hydrogen) atoms. The minimum absolute atomic E-state index is 0.0759. The van der Waals surface area contributed by atoms with E-state index in [1.54, 1.807) is 13.8 Å². The molecule has 2 fully saturated rings. The summed E-state index contributed by atoms with van der Waals surface area (Å²) in [6.07, 6.45) is -6.50. The van der Waals surface area contributed by atoms with E-state index in [4.69, 9.17) is 28.0 Å². The molecule has 0 aliphatic carbocycles. The van der Waals surface area contributed by atoms with Gasteiger partial charge in [-0.2, -0.15) is 0 Å². The first-order valence-electron chi connectivity index (χ1n) is 10.6. The van der Waals surface area contributed by atoms with E-state index >= 15 is 0 Å². The van der Waals surface area contributed by atoms with E-state index in [0.29, 0.717) is 0 Å². The summed E-state index contributed by atoms with van der Waals surface area (Å²) in [4.78, 5) is 10.3. The molecule has 0 aromatic rings. The van der Waals surface area contributed by atoms with Crippen molar-refractivity contribution in [3.05, 3.63) is 0 Å². The number of aliphatic hydroxyl groups excluding tert-OH is 2. The smallest absolute Gasteiger partial charge is 0.388 e. The number of hydrogen-bond acceptors (Lipinski definition) is 9. The van der Waals surface area contributed by atoms with Crippen LogP contribution in [0.2, 0.25) is 0 Å². The van der Waals surface area contributed by atoms with Crippen LogP contribution in [0.5, 0.6) is 0 Å². The second-order valence-corrected chi connectivity index (χ2v) is 11.6.